The number of rotatable bonds is 17. The lowest BCUT2D eigenvalue weighted by Crippen LogP contribution is -2.46. The van der Waals surface area contributed by atoms with Gasteiger partial charge in [-0.2, -0.15) is 0 Å². The quantitative estimate of drug-likeness (QED) is 0.0386. The minimum atomic E-state index is -3.71. The number of halogens is 1. The van der Waals surface area contributed by atoms with Gasteiger partial charge < -0.3 is 34.2 Å². The van der Waals surface area contributed by atoms with Gasteiger partial charge in [0.15, 0.2) is 9.84 Å². The van der Waals surface area contributed by atoms with E-state index in [9.17, 15) is 28.2 Å². The largest absolute Gasteiger partial charge is 0.393 e. The Kier molecular flexibility index (Phi) is 15.8. The number of thioether (sulfide) groups is 1. The summed E-state index contributed by atoms with van der Waals surface area (Å²) in [6.45, 7) is 12.0. The number of nitrogens with one attached hydrogen (secondary N) is 1. The molecule has 9 rings (SSSR count). The van der Waals surface area contributed by atoms with Crippen LogP contribution >= 0.6 is 30.9 Å². The summed E-state index contributed by atoms with van der Waals surface area (Å²) in [5.74, 6) is 0.686. The number of hydrogen-bond acceptors (Lipinski definition) is 12. The van der Waals surface area contributed by atoms with E-state index in [4.69, 9.17) is 16.1 Å². The monoisotopic (exact) mass is 1050 g/mol. The van der Waals surface area contributed by atoms with Gasteiger partial charge in [0.1, 0.15) is 5.69 Å². The SMILES string of the molecule is Cc1c(S(C)(=O)=O)c(-c2cccc(N3CCN(c4ccc(N5CCO[P@@]5(=O)c5ccc(N[C@H](CCN6CCC(O)CC6)CSc6ccccc6)c([N+](=O)[O-])c5)cc4)CC3)c2)c(-c2ccc(Cl)cc2)n1C(C)C. The molecule has 0 unspecified atom stereocenters. The van der Waals surface area contributed by atoms with E-state index in [2.05, 4.69) is 62.7 Å². The molecule has 18 heteroatoms. The van der Waals surface area contributed by atoms with Gasteiger partial charge in [-0.05, 0) is 124 Å². The highest BCUT2D eigenvalue weighted by molar-refractivity contribution is 7.99. The Morgan fingerprint density at radius 2 is 1.50 bits per heavy atom. The highest BCUT2D eigenvalue weighted by Crippen LogP contribution is 2.56. The lowest BCUT2D eigenvalue weighted by Gasteiger charge is -2.37. The highest BCUT2D eigenvalue weighted by atomic mass is 35.5. The fourth-order valence-electron chi connectivity index (χ4n) is 10.4. The number of aromatic nitrogens is 1. The van der Waals surface area contributed by atoms with E-state index >= 15 is 0 Å². The Labute approximate surface area is 432 Å². The van der Waals surface area contributed by atoms with Crippen LogP contribution in [0.1, 0.15) is 44.8 Å². The normalized spacial score (nSPS) is 18.5. The van der Waals surface area contributed by atoms with Gasteiger partial charge in [-0.15, -0.1) is 11.8 Å². The third kappa shape index (κ3) is 11.3. The number of aliphatic hydroxyl groups is 1. The van der Waals surface area contributed by atoms with Crippen molar-refractivity contribution in [1.29, 1.82) is 0 Å². The third-order valence-electron chi connectivity index (χ3n) is 14.0. The van der Waals surface area contributed by atoms with E-state index in [1.807, 2.05) is 85.8 Å². The number of sulfone groups is 1. The Bertz CT molecular complexity index is 3040. The van der Waals surface area contributed by atoms with Crippen molar-refractivity contribution in [3.05, 3.63) is 142 Å². The van der Waals surface area contributed by atoms with Crippen molar-refractivity contribution >= 4 is 74.5 Å². The molecule has 72 heavy (non-hydrogen) atoms. The van der Waals surface area contributed by atoms with Crippen LogP contribution in [0.2, 0.25) is 5.02 Å². The molecule has 0 amide bonds. The molecule has 3 fully saturated rings. The average Bonchev–Trinajstić information content (AvgIpc) is 3.94. The first-order chi connectivity index (χ1) is 34.6. The predicted octanol–water partition coefficient (Wildman–Crippen LogP) is 10.8. The number of nitrogens with zero attached hydrogens (tertiary/aromatic N) is 6. The second-order valence-electron chi connectivity index (χ2n) is 19.2. The lowest BCUT2D eigenvalue weighted by atomic mass is 10.00. The van der Waals surface area contributed by atoms with Gasteiger partial charge in [0.25, 0.3) is 5.69 Å². The van der Waals surface area contributed by atoms with E-state index in [1.54, 1.807) is 28.6 Å². The second kappa shape index (κ2) is 22.0. The Balaban J connectivity index is 0.892. The van der Waals surface area contributed by atoms with Gasteiger partial charge in [0.05, 0.1) is 40.1 Å². The van der Waals surface area contributed by atoms with Gasteiger partial charge in [-0.3, -0.25) is 19.3 Å². The Morgan fingerprint density at radius 1 is 0.833 bits per heavy atom. The minimum absolute atomic E-state index is 0.0000855. The smallest absolute Gasteiger partial charge is 0.326 e. The van der Waals surface area contributed by atoms with Gasteiger partial charge in [0.2, 0.25) is 0 Å². The van der Waals surface area contributed by atoms with Gasteiger partial charge in [0, 0.05) is 114 Å². The zero-order chi connectivity index (χ0) is 50.7. The van der Waals surface area contributed by atoms with Crippen molar-refractivity contribution in [1.82, 2.24) is 9.47 Å². The van der Waals surface area contributed by atoms with E-state index in [0.717, 1.165) is 98.2 Å². The first-order valence-electron chi connectivity index (χ1n) is 24.6. The van der Waals surface area contributed by atoms with Gasteiger partial charge in [-0.25, -0.2) is 8.42 Å². The van der Waals surface area contributed by atoms with Crippen LogP contribution in [-0.2, 0) is 18.9 Å². The number of aliphatic hydroxyl groups excluding tert-OH is 1. The summed E-state index contributed by atoms with van der Waals surface area (Å²) in [7, 11) is -7.33. The van der Waals surface area contributed by atoms with Crippen LogP contribution in [0.25, 0.3) is 22.4 Å². The summed E-state index contributed by atoms with van der Waals surface area (Å²) >= 11 is 8.00. The van der Waals surface area contributed by atoms with E-state index < -0.39 is 22.3 Å². The molecule has 0 saturated carbocycles. The topological polar surface area (TPSA) is 154 Å². The molecule has 0 radical (unpaired) electrons. The number of piperidine rings is 1. The van der Waals surface area contributed by atoms with Gasteiger partial charge in [-0.1, -0.05) is 54.1 Å². The van der Waals surface area contributed by atoms with Crippen LogP contribution < -0.4 is 25.1 Å². The number of nitro groups is 1. The molecule has 2 N–H and O–H groups in total. The van der Waals surface area contributed by atoms with Crippen LogP contribution in [0, 0.1) is 17.0 Å². The van der Waals surface area contributed by atoms with Gasteiger partial charge >= 0.3 is 7.52 Å². The van der Waals surface area contributed by atoms with Crippen molar-refractivity contribution in [2.45, 2.75) is 68.0 Å². The van der Waals surface area contributed by atoms with Crippen LogP contribution in [0.15, 0.2) is 131 Å². The summed E-state index contributed by atoms with van der Waals surface area (Å²) in [5, 5.41) is 27.1. The van der Waals surface area contributed by atoms with Crippen molar-refractivity contribution in [2.24, 2.45) is 0 Å². The number of nitro benzene ring substituents is 1. The van der Waals surface area contributed by atoms with E-state index in [1.165, 1.54) is 12.3 Å². The molecule has 380 valence electrons. The van der Waals surface area contributed by atoms with Crippen LogP contribution in [0.5, 0.6) is 0 Å². The highest BCUT2D eigenvalue weighted by Gasteiger charge is 2.41. The molecule has 1 aromatic heterocycles. The molecule has 0 aliphatic carbocycles. The maximum absolute atomic E-state index is 14.9. The maximum atomic E-state index is 14.9. The molecule has 5 aromatic carbocycles. The van der Waals surface area contributed by atoms with Crippen molar-refractivity contribution in [2.75, 3.05) is 90.8 Å². The second-order valence-corrected chi connectivity index (χ2v) is 25.0. The molecule has 0 bridgehead atoms. The molecule has 3 saturated heterocycles. The fourth-order valence-corrected chi connectivity index (χ4v) is 15.0. The van der Waals surface area contributed by atoms with Crippen LogP contribution in [0.3, 0.4) is 0 Å². The third-order valence-corrected chi connectivity index (χ3v) is 19.2. The van der Waals surface area contributed by atoms with E-state index in [0.29, 0.717) is 44.8 Å². The summed E-state index contributed by atoms with van der Waals surface area (Å²) < 4.78 is 51.9. The molecular weight excluding hydrogens is 989 g/mol. The molecule has 0 spiro atoms. The van der Waals surface area contributed by atoms with Crippen molar-refractivity contribution in [3.63, 3.8) is 0 Å². The molecule has 3 aliphatic rings. The van der Waals surface area contributed by atoms with Crippen LogP contribution in [-0.4, -0.2) is 111 Å². The summed E-state index contributed by atoms with van der Waals surface area (Å²) in [6, 6.07) is 38.4. The number of hydrogen-bond donors (Lipinski definition) is 2. The summed E-state index contributed by atoms with van der Waals surface area (Å²) in [4.78, 5) is 20.7. The van der Waals surface area contributed by atoms with E-state index in [-0.39, 0.29) is 35.8 Å². The van der Waals surface area contributed by atoms with Crippen molar-refractivity contribution in [3.8, 4) is 22.4 Å². The number of piperazine rings is 1. The first kappa shape index (κ1) is 51.6. The Hall–Kier alpha value is -5.32. The molecule has 14 nitrogen and oxygen atoms in total. The molecule has 3 aliphatic heterocycles. The molecule has 4 heterocycles. The lowest BCUT2D eigenvalue weighted by molar-refractivity contribution is -0.383. The number of benzene rings is 5. The maximum Gasteiger partial charge on any atom is 0.326 e. The zero-order valence-corrected chi connectivity index (χ0v) is 44.5. The average molecular weight is 1050 g/mol. The fraction of sp³-hybridized carbons (Fsp3) is 0.370. The number of anilines is 4. The summed E-state index contributed by atoms with van der Waals surface area (Å²) in [6.07, 6.45) is 3.25. The molecular formula is C54H63ClN7O7PS2. The Morgan fingerprint density at radius 3 is 2.15 bits per heavy atom. The molecule has 6 aromatic rings. The minimum Gasteiger partial charge on any atom is -0.393 e. The predicted molar refractivity (Wildman–Crippen MR) is 294 cm³/mol. The number of likely N-dealkylation sites (tertiary alicyclic amines) is 1. The zero-order valence-electron chi connectivity index (χ0n) is 41.2. The summed E-state index contributed by atoms with van der Waals surface area (Å²) in [5.41, 5.74) is 6.88. The molecule has 2 atom stereocenters. The standard InChI is InChI=1S/C54H63ClN7O7PS2/c1-38(2)61-39(3)54(72(4,67)68)52(53(61)40-13-15-42(55)16-14-40)41-9-8-10-46(35-41)59-31-29-58(30-32-59)44-17-19-45(20-18-44)60-33-34-69-70(60,66)48-21-22-50(51(36-48)62(64)65)56-43(37-71-49-11-6-5-7-12-49)23-26-57-27-24-47(63)25-28-57/h5-22,35-36,38,43,47,56,63H,23-34,37H2,1-4H3/t43-,70+/m1/s1. The first-order valence-corrected chi connectivity index (χ1v) is 29.5. The van der Waals surface area contributed by atoms with Crippen LogP contribution in [0.4, 0.5) is 28.4 Å². The van der Waals surface area contributed by atoms with Crippen molar-refractivity contribution < 1.29 is 27.5 Å².